The lowest BCUT2D eigenvalue weighted by Gasteiger charge is -2.16. The monoisotopic (exact) mass is 369 g/mol. The third-order valence-corrected chi connectivity index (χ3v) is 5.86. The van der Waals surface area contributed by atoms with Crippen LogP contribution in [0.15, 0.2) is 39.0 Å². The van der Waals surface area contributed by atoms with Crippen molar-refractivity contribution in [3.8, 4) is 0 Å². The first-order valence-electron chi connectivity index (χ1n) is 6.15. The van der Waals surface area contributed by atoms with E-state index in [4.69, 9.17) is 0 Å². The van der Waals surface area contributed by atoms with Crippen molar-refractivity contribution in [2.45, 2.75) is 18.4 Å². The zero-order valence-electron chi connectivity index (χ0n) is 11.6. The van der Waals surface area contributed by atoms with Crippen LogP contribution in [0, 0.1) is 6.92 Å². The number of nitrogens with zero attached hydrogens (tertiary/aromatic N) is 1. The van der Waals surface area contributed by atoms with E-state index in [0.717, 1.165) is 19.8 Å². The van der Waals surface area contributed by atoms with Gasteiger partial charge in [0.25, 0.3) is 5.91 Å². The number of carbonyl (C=O) groups excluding carboxylic acids is 1. The van der Waals surface area contributed by atoms with Gasteiger partial charge in [0.15, 0.2) is 0 Å². The van der Waals surface area contributed by atoms with Gasteiger partial charge in [-0.25, -0.2) is 0 Å². The van der Waals surface area contributed by atoms with Crippen LogP contribution in [0.2, 0.25) is 0 Å². The lowest BCUT2D eigenvalue weighted by Crippen LogP contribution is -2.25. The van der Waals surface area contributed by atoms with Crippen LogP contribution in [0.1, 0.15) is 20.8 Å². The van der Waals surface area contributed by atoms with Gasteiger partial charge in [-0.15, -0.1) is 23.1 Å². The zero-order valence-corrected chi connectivity index (χ0v) is 14.9. The van der Waals surface area contributed by atoms with E-state index >= 15 is 0 Å². The maximum atomic E-state index is 12.3. The van der Waals surface area contributed by atoms with Gasteiger partial charge in [0.2, 0.25) is 0 Å². The molecule has 5 heteroatoms. The van der Waals surface area contributed by atoms with Crippen LogP contribution < -0.4 is 0 Å². The van der Waals surface area contributed by atoms with Gasteiger partial charge in [0.1, 0.15) is 0 Å². The topological polar surface area (TPSA) is 20.3 Å². The first-order chi connectivity index (χ1) is 9.51. The number of thiophene rings is 1. The minimum atomic E-state index is 0.0674. The van der Waals surface area contributed by atoms with Crippen LogP contribution in [-0.2, 0) is 6.54 Å². The van der Waals surface area contributed by atoms with Crippen molar-refractivity contribution in [3.05, 3.63) is 50.1 Å². The maximum absolute atomic E-state index is 12.3. The lowest BCUT2D eigenvalue weighted by molar-refractivity contribution is 0.0790. The average Bonchev–Trinajstić information content (AvgIpc) is 2.78. The Bertz CT molecular complexity index is 587. The van der Waals surface area contributed by atoms with E-state index in [9.17, 15) is 4.79 Å². The Morgan fingerprint density at radius 2 is 2.00 bits per heavy atom. The van der Waals surface area contributed by atoms with Crippen molar-refractivity contribution >= 4 is 44.9 Å². The molecule has 0 saturated carbocycles. The molecular formula is C15H16BrNOS2. The molecule has 0 bridgehead atoms. The molecule has 0 aliphatic carbocycles. The fourth-order valence-electron chi connectivity index (χ4n) is 1.83. The summed E-state index contributed by atoms with van der Waals surface area (Å²) in [4.78, 5) is 16.1. The zero-order chi connectivity index (χ0) is 14.7. The number of amides is 1. The van der Waals surface area contributed by atoms with Gasteiger partial charge < -0.3 is 4.90 Å². The van der Waals surface area contributed by atoms with E-state index in [1.165, 1.54) is 16.2 Å². The molecule has 1 amide bonds. The van der Waals surface area contributed by atoms with Gasteiger partial charge in [-0.1, -0.05) is 12.1 Å². The molecule has 2 rings (SSSR count). The minimum Gasteiger partial charge on any atom is -0.337 e. The van der Waals surface area contributed by atoms with E-state index in [-0.39, 0.29) is 5.91 Å². The molecule has 106 valence electrons. The molecule has 2 aromatic rings. The van der Waals surface area contributed by atoms with Crippen LogP contribution in [0.5, 0.6) is 0 Å². The first kappa shape index (κ1) is 15.6. The van der Waals surface area contributed by atoms with Gasteiger partial charge in [0, 0.05) is 18.5 Å². The van der Waals surface area contributed by atoms with E-state index < -0.39 is 0 Å². The Morgan fingerprint density at radius 1 is 1.35 bits per heavy atom. The molecule has 0 N–H and O–H groups in total. The van der Waals surface area contributed by atoms with Crippen LogP contribution in [0.4, 0.5) is 0 Å². The van der Waals surface area contributed by atoms with E-state index in [1.54, 1.807) is 16.7 Å². The molecule has 1 heterocycles. The summed E-state index contributed by atoms with van der Waals surface area (Å²) in [5.41, 5.74) is 2.25. The number of benzene rings is 1. The first-order valence-corrected chi connectivity index (χ1v) is 8.99. The molecule has 0 radical (unpaired) electrons. The van der Waals surface area contributed by atoms with E-state index in [1.807, 2.05) is 20.0 Å². The summed E-state index contributed by atoms with van der Waals surface area (Å²) in [6, 6.07) is 10.3. The highest BCUT2D eigenvalue weighted by atomic mass is 79.9. The molecule has 20 heavy (non-hydrogen) atoms. The number of hydrogen-bond donors (Lipinski definition) is 0. The quantitative estimate of drug-likeness (QED) is 0.720. The average molecular weight is 370 g/mol. The number of carbonyl (C=O) groups is 1. The normalized spacial score (nSPS) is 10.6. The number of rotatable bonds is 4. The highest BCUT2D eigenvalue weighted by Gasteiger charge is 2.15. The maximum Gasteiger partial charge on any atom is 0.264 e. The number of aryl methyl sites for hydroxylation is 1. The molecule has 0 fully saturated rings. The number of thioether (sulfide) groups is 1. The summed E-state index contributed by atoms with van der Waals surface area (Å²) in [5, 5.41) is 0. The fraction of sp³-hybridized carbons (Fsp3) is 0.267. The van der Waals surface area contributed by atoms with Crippen LogP contribution in [-0.4, -0.2) is 24.1 Å². The predicted octanol–water partition coefficient (Wildman–Crippen LogP) is 4.81. The van der Waals surface area contributed by atoms with Gasteiger partial charge in [-0.3, -0.25) is 4.79 Å². The molecule has 1 aromatic heterocycles. The summed E-state index contributed by atoms with van der Waals surface area (Å²) in [6.45, 7) is 2.63. The third-order valence-electron chi connectivity index (χ3n) is 2.99. The summed E-state index contributed by atoms with van der Waals surface area (Å²) < 4.78 is 1.03. The second-order valence-corrected chi connectivity index (χ2v) is 7.83. The molecule has 0 saturated heterocycles. The Labute approximate surface area is 136 Å². The van der Waals surface area contributed by atoms with Gasteiger partial charge in [-0.2, -0.15) is 0 Å². The molecule has 0 unspecified atom stereocenters. The lowest BCUT2D eigenvalue weighted by atomic mass is 10.2. The van der Waals surface area contributed by atoms with E-state index in [0.29, 0.717) is 6.54 Å². The highest BCUT2D eigenvalue weighted by molar-refractivity contribution is 9.11. The second kappa shape index (κ2) is 6.78. The number of hydrogen-bond acceptors (Lipinski definition) is 3. The summed E-state index contributed by atoms with van der Waals surface area (Å²) >= 11 is 6.67. The summed E-state index contributed by atoms with van der Waals surface area (Å²) in [5.74, 6) is 0.0674. The van der Waals surface area contributed by atoms with Crippen molar-refractivity contribution in [1.82, 2.24) is 4.90 Å². The van der Waals surface area contributed by atoms with Crippen molar-refractivity contribution in [2.75, 3.05) is 13.3 Å². The summed E-state index contributed by atoms with van der Waals surface area (Å²) in [7, 11) is 1.84. The van der Waals surface area contributed by atoms with Crippen LogP contribution in [0.3, 0.4) is 0 Å². The van der Waals surface area contributed by atoms with Crippen LogP contribution in [0.25, 0.3) is 0 Å². The Balaban J connectivity index is 2.06. The Hall–Kier alpha value is -0.780. The molecule has 0 atom stereocenters. The largest absolute Gasteiger partial charge is 0.337 e. The third kappa shape index (κ3) is 3.65. The van der Waals surface area contributed by atoms with Crippen molar-refractivity contribution in [1.29, 1.82) is 0 Å². The molecule has 1 aromatic carbocycles. The fourth-order valence-corrected chi connectivity index (χ4v) is 3.77. The Morgan fingerprint density at radius 3 is 2.50 bits per heavy atom. The van der Waals surface area contributed by atoms with Gasteiger partial charge in [0.05, 0.1) is 8.66 Å². The number of halogens is 1. The van der Waals surface area contributed by atoms with Crippen molar-refractivity contribution in [3.63, 3.8) is 0 Å². The minimum absolute atomic E-state index is 0.0674. The summed E-state index contributed by atoms with van der Waals surface area (Å²) in [6.07, 6.45) is 2.06. The molecule has 2 nitrogen and oxygen atoms in total. The standard InChI is InChI=1S/C15H16BrNOS2/c1-10-8-13(20-14(10)16)15(18)17(2)9-11-4-6-12(19-3)7-5-11/h4-8H,9H2,1-3H3. The molecule has 0 aliphatic rings. The SMILES string of the molecule is CSc1ccc(CN(C)C(=O)c2cc(C)c(Br)s2)cc1. The van der Waals surface area contributed by atoms with Crippen molar-refractivity contribution in [2.24, 2.45) is 0 Å². The smallest absolute Gasteiger partial charge is 0.264 e. The molecule has 0 spiro atoms. The predicted molar refractivity (Wildman–Crippen MR) is 90.8 cm³/mol. The van der Waals surface area contributed by atoms with Crippen molar-refractivity contribution < 1.29 is 4.79 Å². The second-order valence-electron chi connectivity index (χ2n) is 4.58. The molecule has 0 aliphatic heterocycles. The highest BCUT2D eigenvalue weighted by Crippen LogP contribution is 2.28. The Kier molecular flexibility index (Phi) is 5.29. The van der Waals surface area contributed by atoms with Crippen LogP contribution >= 0.6 is 39.0 Å². The van der Waals surface area contributed by atoms with Gasteiger partial charge >= 0.3 is 0 Å². The molecular weight excluding hydrogens is 354 g/mol. The van der Waals surface area contributed by atoms with E-state index in [2.05, 4.69) is 46.5 Å². The van der Waals surface area contributed by atoms with Gasteiger partial charge in [-0.05, 0) is 58.4 Å².